The number of hydrogen-bond acceptors (Lipinski definition) is 8. The Kier molecular flexibility index (Phi) is 6.57. The van der Waals surface area contributed by atoms with Crippen LogP contribution in [0.5, 0.6) is 0 Å². The fourth-order valence-electron chi connectivity index (χ4n) is 2.05. The van der Waals surface area contributed by atoms with Gasteiger partial charge >= 0.3 is 17.9 Å². The molecule has 1 heterocycles. The van der Waals surface area contributed by atoms with Crippen LogP contribution in [0.15, 0.2) is 0 Å². The van der Waals surface area contributed by atoms with Crippen molar-refractivity contribution in [3.8, 4) is 0 Å². The Labute approximate surface area is 122 Å². The monoisotopic (exact) mass is 304 g/mol. The van der Waals surface area contributed by atoms with Crippen molar-refractivity contribution in [2.24, 2.45) is 0 Å². The average Bonchev–Trinajstić information content (AvgIpc) is 2.36. The van der Waals surface area contributed by atoms with Crippen LogP contribution in [0.25, 0.3) is 0 Å². The van der Waals surface area contributed by atoms with Gasteiger partial charge in [-0.1, -0.05) is 0 Å². The van der Waals surface area contributed by atoms with Crippen LogP contribution in [0.1, 0.15) is 27.2 Å². The Morgan fingerprint density at radius 2 is 1.57 bits per heavy atom. The molecule has 0 saturated carbocycles. The molecule has 1 aliphatic heterocycles. The van der Waals surface area contributed by atoms with Crippen LogP contribution in [-0.4, -0.2) is 56.2 Å². The minimum atomic E-state index is -0.818. The molecule has 8 heteroatoms. The minimum absolute atomic E-state index is 0.0834. The summed E-state index contributed by atoms with van der Waals surface area (Å²) in [7, 11) is 1.40. The highest BCUT2D eigenvalue weighted by molar-refractivity contribution is 5.67. The fourth-order valence-corrected chi connectivity index (χ4v) is 2.05. The van der Waals surface area contributed by atoms with Gasteiger partial charge in [0.1, 0.15) is 18.8 Å². The summed E-state index contributed by atoms with van der Waals surface area (Å²) in [5, 5.41) is 0. The maximum atomic E-state index is 11.2. The molecular weight excluding hydrogens is 284 g/mol. The predicted molar refractivity (Wildman–Crippen MR) is 68.0 cm³/mol. The molecule has 0 aromatic heterocycles. The molecule has 1 rings (SSSR count). The van der Waals surface area contributed by atoms with Gasteiger partial charge in [0, 0.05) is 34.3 Å². The highest BCUT2D eigenvalue weighted by Crippen LogP contribution is 2.26. The number of hydrogen-bond donors (Lipinski definition) is 0. The molecule has 0 aliphatic carbocycles. The second kappa shape index (κ2) is 7.94. The summed E-state index contributed by atoms with van der Waals surface area (Å²) in [4.78, 5) is 33.1. The Hall–Kier alpha value is -1.67. The predicted octanol–water partition coefficient (Wildman–Crippen LogP) is 0.174. The van der Waals surface area contributed by atoms with E-state index in [1.165, 1.54) is 27.9 Å². The lowest BCUT2D eigenvalue weighted by Gasteiger charge is -2.39. The van der Waals surface area contributed by atoms with Crippen molar-refractivity contribution < 1.29 is 38.1 Å². The van der Waals surface area contributed by atoms with Gasteiger partial charge in [-0.2, -0.15) is 0 Å². The van der Waals surface area contributed by atoms with Crippen molar-refractivity contribution in [1.29, 1.82) is 0 Å². The van der Waals surface area contributed by atoms with E-state index in [2.05, 4.69) is 0 Å². The number of rotatable bonds is 5. The van der Waals surface area contributed by atoms with Gasteiger partial charge in [-0.05, 0) is 0 Å². The number of esters is 3. The largest absolute Gasteiger partial charge is 0.463 e. The highest BCUT2D eigenvalue weighted by Gasteiger charge is 2.42. The molecule has 1 fully saturated rings. The number of carbonyl (C=O) groups excluding carboxylic acids is 3. The maximum absolute atomic E-state index is 11.2. The third kappa shape index (κ3) is 5.68. The molecule has 0 unspecified atom stereocenters. The van der Waals surface area contributed by atoms with E-state index in [1.807, 2.05) is 0 Å². The van der Waals surface area contributed by atoms with Crippen molar-refractivity contribution in [3.05, 3.63) is 0 Å². The smallest absolute Gasteiger partial charge is 0.303 e. The first-order valence-corrected chi connectivity index (χ1v) is 6.49. The molecule has 1 saturated heterocycles. The molecule has 1 aliphatic rings. The molecule has 0 aromatic rings. The Morgan fingerprint density at radius 3 is 2.05 bits per heavy atom. The van der Waals surface area contributed by atoms with Crippen molar-refractivity contribution in [2.75, 3.05) is 13.7 Å². The van der Waals surface area contributed by atoms with Crippen molar-refractivity contribution in [3.63, 3.8) is 0 Å². The summed E-state index contributed by atoms with van der Waals surface area (Å²) < 4.78 is 25.8. The fraction of sp³-hybridized carbons (Fsp3) is 0.769. The SMILES string of the molecule is CO[C@H]1O[C@H](COC(C)=O)[C@H](OC(C)=O)C[C@H]1OC(C)=O. The molecule has 0 amide bonds. The molecule has 4 atom stereocenters. The first-order valence-electron chi connectivity index (χ1n) is 6.49. The molecule has 0 aromatic carbocycles. The van der Waals surface area contributed by atoms with Gasteiger partial charge < -0.3 is 23.7 Å². The second-order valence-corrected chi connectivity index (χ2v) is 4.61. The van der Waals surface area contributed by atoms with Crippen LogP contribution in [0.2, 0.25) is 0 Å². The quantitative estimate of drug-likeness (QED) is 0.524. The Morgan fingerprint density at radius 1 is 1.00 bits per heavy atom. The third-order valence-corrected chi connectivity index (χ3v) is 2.81. The van der Waals surface area contributed by atoms with E-state index in [4.69, 9.17) is 23.7 Å². The van der Waals surface area contributed by atoms with Crippen LogP contribution in [-0.2, 0) is 38.1 Å². The summed E-state index contributed by atoms with van der Waals surface area (Å²) >= 11 is 0. The lowest BCUT2D eigenvalue weighted by atomic mass is 10.0. The van der Waals surface area contributed by atoms with E-state index < -0.39 is 42.5 Å². The third-order valence-electron chi connectivity index (χ3n) is 2.81. The topological polar surface area (TPSA) is 97.4 Å². The van der Waals surface area contributed by atoms with Crippen LogP contribution < -0.4 is 0 Å². The van der Waals surface area contributed by atoms with Gasteiger partial charge in [0.15, 0.2) is 12.4 Å². The molecule has 21 heavy (non-hydrogen) atoms. The van der Waals surface area contributed by atoms with E-state index in [-0.39, 0.29) is 13.0 Å². The number of carbonyl (C=O) groups is 3. The van der Waals surface area contributed by atoms with Crippen LogP contribution in [0.3, 0.4) is 0 Å². The second-order valence-electron chi connectivity index (χ2n) is 4.61. The molecule has 0 spiro atoms. The highest BCUT2D eigenvalue weighted by atomic mass is 16.7. The zero-order valence-corrected chi connectivity index (χ0v) is 12.5. The van der Waals surface area contributed by atoms with Crippen LogP contribution >= 0.6 is 0 Å². The minimum Gasteiger partial charge on any atom is -0.463 e. The zero-order valence-electron chi connectivity index (χ0n) is 12.5. The summed E-state index contributed by atoms with van der Waals surface area (Å²) in [5.74, 6) is -1.48. The summed E-state index contributed by atoms with van der Waals surface area (Å²) in [5.41, 5.74) is 0. The molecule has 0 radical (unpaired) electrons. The van der Waals surface area contributed by atoms with Crippen molar-refractivity contribution >= 4 is 17.9 Å². The number of ether oxygens (including phenoxy) is 5. The summed E-state index contributed by atoms with van der Waals surface area (Å²) in [6, 6.07) is 0. The molecule has 0 N–H and O–H groups in total. The van der Waals surface area contributed by atoms with Gasteiger partial charge in [0.25, 0.3) is 0 Å². The summed E-state index contributed by atoms with van der Waals surface area (Å²) in [6.45, 7) is 3.70. The molecule has 8 nitrogen and oxygen atoms in total. The van der Waals surface area contributed by atoms with E-state index in [1.54, 1.807) is 0 Å². The zero-order chi connectivity index (χ0) is 16.0. The summed E-state index contributed by atoms with van der Waals surface area (Å²) in [6.07, 6.45) is -2.71. The Balaban J connectivity index is 2.78. The van der Waals surface area contributed by atoms with Gasteiger partial charge in [0.2, 0.25) is 0 Å². The lowest BCUT2D eigenvalue weighted by molar-refractivity contribution is -0.270. The van der Waals surface area contributed by atoms with Crippen molar-refractivity contribution in [2.45, 2.75) is 51.8 Å². The van der Waals surface area contributed by atoms with Gasteiger partial charge in [0.05, 0.1) is 0 Å². The first-order chi connectivity index (χ1) is 9.83. The molecule has 0 bridgehead atoms. The Bertz CT molecular complexity index is 394. The van der Waals surface area contributed by atoms with Gasteiger partial charge in [-0.25, -0.2) is 0 Å². The van der Waals surface area contributed by atoms with Crippen LogP contribution in [0, 0.1) is 0 Å². The normalized spacial score (nSPS) is 28.6. The van der Waals surface area contributed by atoms with Gasteiger partial charge in [-0.3, -0.25) is 14.4 Å². The van der Waals surface area contributed by atoms with E-state index >= 15 is 0 Å². The average molecular weight is 304 g/mol. The van der Waals surface area contributed by atoms with E-state index in [9.17, 15) is 14.4 Å². The molecule has 120 valence electrons. The number of methoxy groups -OCH3 is 1. The van der Waals surface area contributed by atoms with E-state index in [0.29, 0.717) is 0 Å². The molecular formula is C13H20O8. The van der Waals surface area contributed by atoms with Crippen LogP contribution in [0.4, 0.5) is 0 Å². The van der Waals surface area contributed by atoms with Gasteiger partial charge in [-0.15, -0.1) is 0 Å². The lowest BCUT2D eigenvalue weighted by Crippen LogP contribution is -2.52. The standard InChI is InChI=1S/C13H20O8/c1-7(14)18-6-12-10(19-8(2)15)5-11(20-9(3)16)13(17-4)21-12/h10-13H,5-6H2,1-4H3/t10-,11-,12-,13+/m1/s1. The van der Waals surface area contributed by atoms with E-state index in [0.717, 1.165) is 0 Å². The maximum Gasteiger partial charge on any atom is 0.303 e. The first kappa shape index (κ1) is 17.4. The van der Waals surface area contributed by atoms with Crippen molar-refractivity contribution in [1.82, 2.24) is 0 Å².